The first-order chi connectivity index (χ1) is 13.2. The van der Waals surface area contributed by atoms with E-state index < -0.39 is 6.16 Å². The summed E-state index contributed by atoms with van der Waals surface area (Å²) >= 11 is 1.75. The molecule has 4 rings (SSSR count). The fourth-order valence-corrected chi connectivity index (χ4v) is 4.42. The van der Waals surface area contributed by atoms with Gasteiger partial charge in [-0.25, -0.2) is 4.79 Å². The van der Waals surface area contributed by atoms with Gasteiger partial charge in [0, 0.05) is 23.7 Å². The van der Waals surface area contributed by atoms with E-state index in [0.29, 0.717) is 6.61 Å². The maximum atomic E-state index is 10.9. The number of nitrogens with zero attached hydrogens (tertiary/aromatic N) is 1. The summed E-state index contributed by atoms with van der Waals surface area (Å²) in [4.78, 5) is 15.1. The van der Waals surface area contributed by atoms with Gasteiger partial charge in [-0.05, 0) is 41.0 Å². The van der Waals surface area contributed by atoms with Crippen molar-refractivity contribution in [2.24, 2.45) is 0 Å². The minimum Gasteiger partial charge on any atom is -0.489 e. The van der Waals surface area contributed by atoms with E-state index in [0.717, 1.165) is 33.8 Å². The van der Waals surface area contributed by atoms with Gasteiger partial charge in [-0.3, -0.25) is 4.98 Å². The number of carboxylic acid groups (broad SMARTS) is 1. The van der Waals surface area contributed by atoms with Crippen molar-refractivity contribution in [2.45, 2.75) is 17.6 Å². The highest BCUT2D eigenvalue weighted by atomic mass is 32.2. The van der Waals surface area contributed by atoms with Crippen molar-refractivity contribution in [1.82, 2.24) is 4.98 Å². The Labute approximate surface area is 161 Å². The molecule has 2 aromatic carbocycles. The molecular formula is C21H17NO4S. The van der Waals surface area contributed by atoms with E-state index >= 15 is 0 Å². The van der Waals surface area contributed by atoms with Crippen molar-refractivity contribution >= 4 is 17.9 Å². The Morgan fingerprint density at radius 3 is 2.89 bits per heavy atom. The number of hydrogen-bond acceptors (Lipinski definition) is 5. The van der Waals surface area contributed by atoms with Gasteiger partial charge in [0.05, 0.1) is 5.25 Å². The van der Waals surface area contributed by atoms with E-state index in [1.54, 1.807) is 36.2 Å². The Morgan fingerprint density at radius 2 is 2.07 bits per heavy atom. The standard InChI is InChI=1S/C21H17NO4S/c23-21(24)26-16-7-8-19-18(10-16)20(27-13-14-4-3-9-22-11-14)17-6-2-1-5-15(17)12-25-19/h1-11,20H,12-13H2,(H,23,24). The lowest BCUT2D eigenvalue weighted by Gasteiger charge is -2.19. The van der Waals surface area contributed by atoms with E-state index in [1.165, 1.54) is 0 Å². The number of pyridine rings is 1. The molecule has 5 nitrogen and oxygen atoms in total. The van der Waals surface area contributed by atoms with Crippen LogP contribution in [0.25, 0.3) is 0 Å². The highest BCUT2D eigenvalue weighted by Crippen LogP contribution is 2.46. The molecule has 0 fully saturated rings. The summed E-state index contributed by atoms with van der Waals surface area (Å²) in [6.07, 6.45) is 2.29. The minimum absolute atomic E-state index is 0.00347. The lowest BCUT2D eigenvalue weighted by Crippen LogP contribution is -2.04. The molecule has 2 heterocycles. The molecule has 1 aliphatic rings. The summed E-state index contributed by atoms with van der Waals surface area (Å²) in [6.45, 7) is 0.478. The molecule has 27 heavy (non-hydrogen) atoms. The third-order valence-electron chi connectivity index (χ3n) is 4.33. The number of carbonyl (C=O) groups is 1. The van der Waals surface area contributed by atoms with Gasteiger partial charge in [-0.1, -0.05) is 30.3 Å². The smallest absolute Gasteiger partial charge is 0.489 e. The van der Waals surface area contributed by atoms with Gasteiger partial charge in [0.15, 0.2) is 0 Å². The van der Waals surface area contributed by atoms with Crippen molar-refractivity contribution in [1.29, 1.82) is 0 Å². The molecule has 136 valence electrons. The molecule has 1 aromatic heterocycles. The number of benzene rings is 2. The van der Waals surface area contributed by atoms with Crippen molar-refractivity contribution in [3.8, 4) is 11.5 Å². The van der Waals surface area contributed by atoms with Gasteiger partial charge < -0.3 is 14.6 Å². The van der Waals surface area contributed by atoms with Crippen LogP contribution in [0.1, 0.15) is 27.5 Å². The number of rotatable bonds is 4. The zero-order chi connectivity index (χ0) is 18.6. The topological polar surface area (TPSA) is 68.7 Å². The average molecular weight is 379 g/mol. The lowest BCUT2D eigenvalue weighted by atomic mass is 10.00. The Kier molecular flexibility index (Phi) is 4.98. The van der Waals surface area contributed by atoms with Crippen LogP contribution < -0.4 is 9.47 Å². The van der Waals surface area contributed by atoms with E-state index in [1.807, 2.05) is 30.5 Å². The van der Waals surface area contributed by atoms with Crippen LogP contribution in [0.5, 0.6) is 11.5 Å². The molecule has 1 aliphatic heterocycles. The van der Waals surface area contributed by atoms with E-state index in [9.17, 15) is 4.79 Å². The van der Waals surface area contributed by atoms with E-state index in [-0.39, 0.29) is 11.0 Å². The summed E-state index contributed by atoms with van der Waals surface area (Å²) < 4.78 is 10.9. The van der Waals surface area contributed by atoms with Gasteiger partial charge in [0.1, 0.15) is 18.1 Å². The molecule has 6 heteroatoms. The second kappa shape index (κ2) is 7.72. The van der Waals surface area contributed by atoms with Crippen LogP contribution in [0.15, 0.2) is 67.0 Å². The number of thioether (sulfide) groups is 1. The normalized spacial score (nSPS) is 15.0. The van der Waals surface area contributed by atoms with Crippen molar-refractivity contribution in [2.75, 3.05) is 0 Å². The molecule has 0 bridgehead atoms. The minimum atomic E-state index is -1.33. The van der Waals surface area contributed by atoms with Crippen LogP contribution in [-0.2, 0) is 12.4 Å². The predicted octanol–water partition coefficient (Wildman–Crippen LogP) is 5.05. The fourth-order valence-electron chi connectivity index (χ4n) is 3.11. The van der Waals surface area contributed by atoms with Crippen LogP contribution >= 0.6 is 11.8 Å². The molecule has 0 aliphatic carbocycles. The summed E-state index contributed by atoms with van der Waals surface area (Å²) in [7, 11) is 0. The number of hydrogen-bond donors (Lipinski definition) is 1. The van der Waals surface area contributed by atoms with Crippen LogP contribution in [0.3, 0.4) is 0 Å². The first kappa shape index (κ1) is 17.4. The first-order valence-electron chi connectivity index (χ1n) is 8.46. The van der Waals surface area contributed by atoms with Gasteiger partial charge in [0.2, 0.25) is 0 Å². The molecule has 1 unspecified atom stereocenters. The van der Waals surface area contributed by atoms with Crippen LogP contribution in [-0.4, -0.2) is 16.2 Å². The summed E-state index contributed by atoms with van der Waals surface area (Å²) in [6, 6.07) is 17.3. The molecule has 0 spiro atoms. The SMILES string of the molecule is O=C(O)Oc1ccc2c(c1)C(SCc1cccnc1)c1ccccc1CO2. The van der Waals surface area contributed by atoms with E-state index in [2.05, 4.69) is 17.1 Å². The first-order valence-corrected chi connectivity index (χ1v) is 9.51. The average Bonchev–Trinajstić information content (AvgIpc) is 2.83. The van der Waals surface area contributed by atoms with Gasteiger partial charge in [0.25, 0.3) is 0 Å². The summed E-state index contributed by atoms with van der Waals surface area (Å²) in [5.74, 6) is 1.81. The third-order valence-corrected chi connectivity index (χ3v) is 5.67. The van der Waals surface area contributed by atoms with Crippen molar-refractivity contribution < 1.29 is 19.4 Å². The molecular weight excluding hydrogens is 362 g/mol. The van der Waals surface area contributed by atoms with Gasteiger partial charge >= 0.3 is 6.16 Å². The summed E-state index contributed by atoms with van der Waals surface area (Å²) in [5.41, 5.74) is 4.33. The van der Waals surface area contributed by atoms with Crippen LogP contribution in [0.4, 0.5) is 4.79 Å². The number of aromatic nitrogens is 1. The van der Waals surface area contributed by atoms with Crippen molar-refractivity contribution in [3.63, 3.8) is 0 Å². The largest absolute Gasteiger partial charge is 0.511 e. The lowest BCUT2D eigenvalue weighted by molar-refractivity contribution is 0.144. The maximum Gasteiger partial charge on any atom is 0.511 e. The quantitative estimate of drug-likeness (QED) is 0.505. The highest BCUT2D eigenvalue weighted by Gasteiger charge is 2.26. The Hall–Kier alpha value is -2.99. The Balaban J connectivity index is 1.73. The monoisotopic (exact) mass is 379 g/mol. The molecule has 0 saturated carbocycles. The second-order valence-corrected chi connectivity index (χ2v) is 7.20. The fraction of sp³-hybridized carbons (Fsp3) is 0.143. The third kappa shape index (κ3) is 3.90. The molecule has 1 atom stereocenters. The Bertz CT molecular complexity index is 961. The number of fused-ring (bicyclic) bond motifs is 2. The maximum absolute atomic E-state index is 10.9. The summed E-state index contributed by atoms with van der Waals surface area (Å²) in [5, 5.41) is 8.93. The number of ether oxygens (including phenoxy) is 2. The van der Waals surface area contributed by atoms with Crippen LogP contribution in [0.2, 0.25) is 0 Å². The zero-order valence-electron chi connectivity index (χ0n) is 14.4. The zero-order valence-corrected chi connectivity index (χ0v) is 15.2. The van der Waals surface area contributed by atoms with Gasteiger partial charge in [-0.15, -0.1) is 11.8 Å². The second-order valence-electron chi connectivity index (χ2n) is 6.11. The van der Waals surface area contributed by atoms with Gasteiger partial charge in [-0.2, -0.15) is 0 Å². The molecule has 0 radical (unpaired) electrons. The van der Waals surface area contributed by atoms with Crippen molar-refractivity contribution in [3.05, 3.63) is 89.2 Å². The Morgan fingerprint density at radius 1 is 1.19 bits per heavy atom. The molecule has 0 amide bonds. The van der Waals surface area contributed by atoms with E-state index in [4.69, 9.17) is 14.6 Å². The molecule has 1 N–H and O–H groups in total. The van der Waals surface area contributed by atoms with Crippen LogP contribution in [0, 0.1) is 0 Å². The predicted molar refractivity (Wildman–Crippen MR) is 103 cm³/mol. The molecule has 3 aromatic rings. The highest BCUT2D eigenvalue weighted by molar-refractivity contribution is 7.99. The molecule has 0 saturated heterocycles.